The van der Waals surface area contributed by atoms with Gasteiger partial charge in [0.05, 0.1) is 4.92 Å². The van der Waals surface area contributed by atoms with E-state index in [9.17, 15) is 14.9 Å². The van der Waals surface area contributed by atoms with E-state index in [0.717, 1.165) is 11.8 Å². The van der Waals surface area contributed by atoms with Crippen molar-refractivity contribution in [3.63, 3.8) is 0 Å². The molecular formula is C16H19ClN2O3. The molecule has 118 valence electrons. The van der Waals surface area contributed by atoms with Crippen LogP contribution in [0, 0.1) is 27.9 Å². The Bertz CT molecular complexity index is 619. The van der Waals surface area contributed by atoms with Gasteiger partial charge in [-0.1, -0.05) is 18.0 Å². The van der Waals surface area contributed by atoms with E-state index in [1.807, 2.05) is 6.92 Å². The SMILES string of the molecule is CC(NC(=O)c1ccc(Cl)c([N+](=O)[O-])c1)C1CC2CCC1C2. The van der Waals surface area contributed by atoms with Gasteiger partial charge in [0, 0.05) is 17.7 Å². The van der Waals surface area contributed by atoms with Gasteiger partial charge in [0.1, 0.15) is 5.02 Å². The van der Waals surface area contributed by atoms with Crippen LogP contribution in [-0.2, 0) is 0 Å². The lowest BCUT2D eigenvalue weighted by atomic mass is 9.84. The van der Waals surface area contributed by atoms with E-state index in [1.54, 1.807) is 0 Å². The van der Waals surface area contributed by atoms with E-state index >= 15 is 0 Å². The fraction of sp³-hybridized carbons (Fsp3) is 0.562. The van der Waals surface area contributed by atoms with Crippen LogP contribution < -0.4 is 5.32 Å². The monoisotopic (exact) mass is 322 g/mol. The summed E-state index contributed by atoms with van der Waals surface area (Å²) in [6.45, 7) is 2.04. The summed E-state index contributed by atoms with van der Waals surface area (Å²) in [4.78, 5) is 22.7. The molecular weight excluding hydrogens is 304 g/mol. The molecule has 2 aliphatic rings. The van der Waals surface area contributed by atoms with Crippen LogP contribution >= 0.6 is 11.6 Å². The average molecular weight is 323 g/mol. The molecule has 1 amide bonds. The molecule has 2 aliphatic carbocycles. The van der Waals surface area contributed by atoms with Gasteiger partial charge in [-0.15, -0.1) is 0 Å². The summed E-state index contributed by atoms with van der Waals surface area (Å²) in [5, 5.41) is 14.0. The molecule has 6 heteroatoms. The fourth-order valence-corrected chi connectivity index (χ4v) is 4.28. The van der Waals surface area contributed by atoms with E-state index in [1.165, 1.54) is 43.9 Å². The van der Waals surface area contributed by atoms with Crippen molar-refractivity contribution in [2.75, 3.05) is 0 Å². The van der Waals surface area contributed by atoms with Gasteiger partial charge < -0.3 is 5.32 Å². The number of fused-ring (bicyclic) bond motifs is 2. The van der Waals surface area contributed by atoms with Gasteiger partial charge in [-0.25, -0.2) is 0 Å². The Morgan fingerprint density at radius 3 is 2.77 bits per heavy atom. The van der Waals surface area contributed by atoms with E-state index in [-0.39, 0.29) is 28.2 Å². The minimum atomic E-state index is -0.571. The number of carbonyl (C=O) groups excluding carboxylic acids is 1. The van der Waals surface area contributed by atoms with Crippen LogP contribution in [0.5, 0.6) is 0 Å². The first kappa shape index (κ1) is 15.3. The number of benzene rings is 1. The van der Waals surface area contributed by atoms with Crippen LogP contribution in [0.3, 0.4) is 0 Å². The minimum absolute atomic E-state index is 0.0442. The quantitative estimate of drug-likeness (QED) is 0.677. The molecule has 2 bridgehead atoms. The maximum atomic E-state index is 12.3. The molecule has 0 saturated heterocycles. The summed E-state index contributed by atoms with van der Waals surface area (Å²) in [5.41, 5.74) is 0.0491. The van der Waals surface area contributed by atoms with Crippen molar-refractivity contribution in [2.24, 2.45) is 17.8 Å². The molecule has 1 aromatic carbocycles. The molecule has 4 atom stereocenters. The van der Waals surface area contributed by atoms with Crippen LogP contribution in [0.25, 0.3) is 0 Å². The van der Waals surface area contributed by atoms with Crippen LogP contribution in [0.15, 0.2) is 18.2 Å². The number of halogens is 1. The standard InChI is InChI=1S/C16H19ClN2O3/c1-9(13-7-10-2-3-11(13)6-10)18-16(20)12-4-5-14(17)15(8-12)19(21)22/h4-5,8-11,13H,2-3,6-7H2,1H3,(H,18,20). The summed E-state index contributed by atoms with van der Waals surface area (Å²) in [6.07, 6.45) is 5.07. The molecule has 4 unspecified atom stereocenters. The predicted molar refractivity (Wildman–Crippen MR) is 84.0 cm³/mol. The van der Waals surface area contributed by atoms with E-state index in [4.69, 9.17) is 11.6 Å². The molecule has 22 heavy (non-hydrogen) atoms. The Morgan fingerprint density at radius 1 is 1.41 bits per heavy atom. The second kappa shape index (κ2) is 5.88. The molecule has 0 radical (unpaired) electrons. The van der Waals surface area contributed by atoms with E-state index in [0.29, 0.717) is 5.92 Å². The third-order valence-corrected chi connectivity index (χ3v) is 5.52. The number of rotatable bonds is 4. The smallest absolute Gasteiger partial charge is 0.288 e. The van der Waals surface area contributed by atoms with Gasteiger partial charge in [-0.3, -0.25) is 14.9 Å². The summed E-state index contributed by atoms with van der Waals surface area (Å²) < 4.78 is 0. The van der Waals surface area contributed by atoms with Crippen LogP contribution in [0.4, 0.5) is 5.69 Å². The third kappa shape index (κ3) is 2.82. The summed E-state index contributed by atoms with van der Waals surface area (Å²) in [7, 11) is 0. The summed E-state index contributed by atoms with van der Waals surface area (Å²) in [5.74, 6) is 1.81. The number of hydrogen-bond acceptors (Lipinski definition) is 3. The highest BCUT2D eigenvalue weighted by atomic mass is 35.5. The van der Waals surface area contributed by atoms with Crippen molar-refractivity contribution in [3.05, 3.63) is 38.9 Å². The Morgan fingerprint density at radius 2 is 2.18 bits per heavy atom. The van der Waals surface area contributed by atoms with Crippen molar-refractivity contribution < 1.29 is 9.72 Å². The van der Waals surface area contributed by atoms with Gasteiger partial charge in [0.15, 0.2) is 0 Å². The lowest BCUT2D eigenvalue weighted by Gasteiger charge is -2.28. The van der Waals surface area contributed by atoms with Crippen molar-refractivity contribution in [2.45, 2.75) is 38.6 Å². The highest BCUT2D eigenvalue weighted by Gasteiger charge is 2.42. The highest BCUT2D eigenvalue weighted by Crippen LogP contribution is 2.49. The second-order valence-electron chi connectivity index (χ2n) is 6.52. The van der Waals surface area contributed by atoms with E-state index < -0.39 is 4.92 Å². The molecule has 0 spiro atoms. The maximum absolute atomic E-state index is 12.3. The molecule has 2 fully saturated rings. The second-order valence-corrected chi connectivity index (χ2v) is 6.93. The predicted octanol–water partition coefficient (Wildman–Crippen LogP) is 3.80. The normalized spacial score (nSPS) is 27.6. The lowest BCUT2D eigenvalue weighted by Crippen LogP contribution is -2.40. The lowest BCUT2D eigenvalue weighted by molar-refractivity contribution is -0.384. The first-order valence-corrected chi connectivity index (χ1v) is 8.08. The van der Waals surface area contributed by atoms with Crippen molar-refractivity contribution >= 4 is 23.2 Å². The Kier molecular flexibility index (Phi) is 4.08. The molecule has 5 nitrogen and oxygen atoms in total. The Balaban J connectivity index is 1.69. The summed E-state index contributed by atoms with van der Waals surface area (Å²) >= 11 is 5.77. The van der Waals surface area contributed by atoms with Crippen LogP contribution in [0.2, 0.25) is 5.02 Å². The van der Waals surface area contributed by atoms with Crippen LogP contribution in [0.1, 0.15) is 43.0 Å². The number of amides is 1. The number of nitrogens with zero attached hydrogens (tertiary/aromatic N) is 1. The first-order valence-electron chi connectivity index (χ1n) is 7.70. The first-order chi connectivity index (χ1) is 10.5. The average Bonchev–Trinajstić information content (AvgIpc) is 3.09. The highest BCUT2D eigenvalue weighted by molar-refractivity contribution is 6.32. The third-order valence-electron chi connectivity index (χ3n) is 5.20. The van der Waals surface area contributed by atoms with Gasteiger partial charge in [0.2, 0.25) is 0 Å². The van der Waals surface area contributed by atoms with Crippen molar-refractivity contribution in [1.82, 2.24) is 5.32 Å². The molecule has 0 aromatic heterocycles. The fourth-order valence-electron chi connectivity index (χ4n) is 4.10. The molecule has 0 aliphatic heterocycles. The molecule has 1 N–H and O–H groups in total. The molecule has 1 aromatic rings. The van der Waals surface area contributed by atoms with Gasteiger partial charge in [-0.2, -0.15) is 0 Å². The van der Waals surface area contributed by atoms with Gasteiger partial charge >= 0.3 is 0 Å². The van der Waals surface area contributed by atoms with Crippen molar-refractivity contribution in [1.29, 1.82) is 0 Å². The number of hydrogen-bond donors (Lipinski definition) is 1. The Labute approximate surface area is 134 Å². The largest absolute Gasteiger partial charge is 0.349 e. The minimum Gasteiger partial charge on any atom is -0.349 e. The Hall–Kier alpha value is -1.62. The van der Waals surface area contributed by atoms with Crippen molar-refractivity contribution in [3.8, 4) is 0 Å². The molecule has 3 rings (SSSR count). The number of nitro groups is 1. The van der Waals surface area contributed by atoms with Crippen LogP contribution in [-0.4, -0.2) is 16.9 Å². The maximum Gasteiger partial charge on any atom is 0.288 e. The van der Waals surface area contributed by atoms with Gasteiger partial charge in [0.25, 0.3) is 11.6 Å². The van der Waals surface area contributed by atoms with E-state index in [2.05, 4.69) is 5.32 Å². The number of nitrogens with one attached hydrogen (secondary N) is 1. The van der Waals surface area contributed by atoms with Gasteiger partial charge in [-0.05, 0) is 56.1 Å². The number of nitro benzene ring substituents is 1. The topological polar surface area (TPSA) is 72.2 Å². The summed E-state index contributed by atoms with van der Waals surface area (Å²) in [6, 6.07) is 4.26. The molecule has 2 saturated carbocycles. The number of carbonyl (C=O) groups is 1. The zero-order chi connectivity index (χ0) is 15.9. The zero-order valence-electron chi connectivity index (χ0n) is 12.4. The zero-order valence-corrected chi connectivity index (χ0v) is 13.2. The molecule has 0 heterocycles.